The smallest absolute Gasteiger partial charge is 0.306 e. The first-order chi connectivity index (χ1) is 15.5. The summed E-state index contributed by atoms with van der Waals surface area (Å²) in [5.41, 5.74) is 2.36. The van der Waals surface area contributed by atoms with Gasteiger partial charge in [0.2, 0.25) is 5.78 Å². The fourth-order valence-corrected chi connectivity index (χ4v) is 5.63. The summed E-state index contributed by atoms with van der Waals surface area (Å²) in [6, 6.07) is 7.49. The molecule has 1 aromatic carbocycles. The zero-order valence-corrected chi connectivity index (χ0v) is 18.5. The molecule has 164 valence electrons. The summed E-state index contributed by atoms with van der Waals surface area (Å²) in [6.45, 7) is 1.57. The van der Waals surface area contributed by atoms with Crippen LogP contribution in [0.4, 0.5) is 0 Å². The van der Waals surface area contributed by atoms with Gasteiger partial charge in [0.25, 0.3) is 5.56 Å². The number of nitrogens with zero attached hydrogens (tertiary/aromatic N) is 1. The summed E-state index contributed by atoms with van der Waals surface area (Å²) in [5.74, 6) is -0.291. The Kier molecular flexibility index (Phi) is 5.38. The molecule has 8 heteroatoms. The molecule has 7 nitrogen and oxygen atoms in total. The lowest BCUT2D eigenvalue weighted by Gasteiger charge is -2.12. The molecule has 0 fully saturated rings. The molecule has 3 aromatic heterocycles. The fourth-order valence-electron chi connectivity index (χ4n) is 4.35. The van der Waals surface area contributed by atoms with E-state index in [0.717, 1.165) is 47.0 Å². The van der Waals surface area contributed by atoms with Crippen LogP contribution in [0.25, 0.3) is 21.1 Å². The van der Waals surface area contributed by atoms with Crippen molar-refractivity contribution >= 4 is 44.2 Å². The van der Waals surface area contributed by atoms with Gasteiger partial charge in [-0.3, -0.25) is 14.4 Å². The van der Waals surface area contributed by atoms with E-state index in [9.17, 15) is 14.4 Å². The van der Waals surface area contributed by atoms with Gasteiger partial charge in [-0.15, -0.1) is 11.3 Å². The number of fused-ring (bicyclic) bond motifs is 4. The number of aryl methyl sites for hydroxylation is 3. The average Bonchev–Trinajstić information content (AvgIpc) is 3.38. The summed E-state index contributed by atoms with van der Waals surface area (Å²) >= 11 is 1.58. The number of para-hydroxylation sites is 1. The van der Waals surface area contributed by atoms with Crippen LogP contribution in [0.5, 0.6) is 0 Å². The van der Waals surface area contributed by atoms with Gasteiger partial charge in [0.05, 0.1) is 11.8 Å². The molecule has 3 heterocycles. The van der Waals surface area contributed by atoms with E-state index in [2.05, 4.69) is 15.0 Å². The van der Waals surface area contributed by atoms with Crippen molar-refractivity contribution in [1.29, 1.82) is 0 Å². The first-order valence-electron chi connectivity index (χ1n) is 10.8. The Labute approximate surface area is 187 Å². The standard InChI is InChI=1S/C24H23N3O4S/c1-13(22(29)16-12-25-17-8-4-2-6-14(16)17)31-20(28)11-10-19-26-23(30)21-15-7-3-5-9-18(15)32-24(21)27-19/h2,4,6,8,12-13,25H,3,5,7,9-11H2,1H3,(H,26,27,30). The van der Waals surface area contributed by atoms with Crippen molar-refractivity contribution in [3.8, 4) is 0 Å². The number of aromatic nitrogens is 3. The molecule has 0 spiro atoms. The molecule has 0 amide bonds. The SMILES string of the molecule is CC(OC(=O)CCc1nc2sc3c(c2c(=O)[nH]1)CCCC3)C(=O)c1c[nH]c2ccccc12. The predicted molar refractivity (Wildman–Crippen MR) is 123 cm³/mol. The molecule has 1 atom stereocenters. The van der Waals surface area contributed by atoms with Crippen LogP contribution in [-0.4, -0.2) is 32.8 Å². The molecule has 1 unspecified atom stereocenters. The van der Waals surface area contributed by atoms with Crippen LogP contribution >= 0.6 is 11.3 Å². The molecule has 0 saturated heterocycles. The summed E-state index contributed by atoms with van der Waals surface area (Å²) in [6.07, 6.45) is 5.19. The van der Waals surface area contributed by atoms with E-state index in [4.69, 9.17) is 4.74 Å². The number of carbonyl (C=O) groups is 2. The van der Waals surface area contributed by atoms with Gasteiger partial charge in [-0.25, -0.2) is 4.98 Å². The van der Waals surface area contributed by atoms with Crippen LogP contribution in [0.1, 0.15) is 52.8 Å². The number of thiophene rings is 1. The number of ketones is 1. The van der Waals surface area contributed by atoms with Crippen LogP contribution in [0.2, 0.25) is 0 Å². The summed E-state index contributed by atoms with van der Waals surface area (Å²) in [4.78, 5) is 50.2. The quantitative estimate of drug-likeness (QED) is 0.341. The third kappa shape index (κ3) is 3.75. The van der Waals surface area contributed by atoms with E-state index in [-0.39, 0.29) is 24.2 Å². The maximum absolute atomic E-state index is 12.8. The summed E-state index contributed by atoms with van der Waals surface area (Å²) in [5, 5.41) is 1.50. The van der Waals surface area contributed by atoms with Gasteiger partial charge in [-0.1, -0.05) is 18.2 Å². The van der Waals surface area contributed by atoms with Crippen molar-refractivity contribution in [2.24, 2.45) is 0 Å². The van der Waals surface area contributed by atoms with E-state index in [1.165, 1.54) is 4.88 Å². The minimum Gasteiger partial charge on any atom is -0.454 e. The van der Waals surface area contributed by atoms with E-state index in [1.807, 2.05) is 24.3 Å². The van der Waals surface area contributed by atoms with Gasteiger partial charge in [-0.05, 0) is 44.2 Å². The lowest BCUT2D eigenvalue weighted by molar-refractivity contribution is -0.146. The highest BCUT2D eigenvalue weighted by Crippen LogP contribution is 2.33. The molecule has 1 aliphatic rings. The number of aromatic amines is 2. The van der Waals surface area contributed by atoms with Crippen LogP contribution < -0.4 is 5.56 Å². The van der Waals surface area contributed by atoms with Gasteiger partial charge in [0, 0.05) is 34.0 Å². The Hall–Kier alpha value is -3.26. The molecular formula is C24H23N3O4S. The second kappa shape index (κ2) is 8.35. The Bertz CT molecular complexity index is 1400. The van der Waals surface area contributed by atoms with Crippen LogP contribution in [0.15, 0.2) is 35.3 Å². The highest BCUT2D eigenvalue weighted by molar-refractivity contribution is 7.18. The summed E-state index contributed by atoms with van der Waals surface area (Å²) in [7, 11) is 0. The second-order valence-electron chi connectivity index (χ2n) is 8.15. The topological polar surface area (TPSA) is 105 Å². The van der Waals surface area contributed by atoms with Gasteiger partial charge < -0.3 is 14.7 Å². The molecule has 0 saturated carbocycles. The molecule has 4 aromatic rings. The first-order valence-corrected chi connectivity index (χ1v) is 11.7. The normalized spacial score (nSPS) is 14.4. The number of hydrogen-bond acceptors (Lipinski definition) is 6. The number of nitrogens with one attached hydrogen (secondary N) is 2. The Morgan fingerprint density at radius 2 is 2.03 bits per heavy atom. The molecule has 2 N–H and O–H groups in total. The predicted octanol–water partition coefficient (Wildman–Crippen LogP) is 4.09. The van der Waals surface area contributed by atoms with Crippen molar-refractivity contribution in [1.82, 2.24) is 15.0 Å². The van der Waals surface area contributed by atoms with Gasteiger partial charge >= 0.3 is 5.97 Å². The number of H-pyrrole nitrogens is 2. The summed E-state index contributed by atoms with van der Waals surface area (Å²) < 4.78 is 5.37. The van der Waals surface area contributed by atoms with Crippen molar-refractivity contribution in [2.75, 3.05) is 0 Å². The minimum atomic E-state index is -0.903. The number of carbonyl (C=O) groups excluding carboxylic acids is 2. The molecule has 5 rings (SSSR count). The molecular weight excluding hydrogens is 426 g/mol. The van der Waals surface area contributed by atoms with Crippen LogP contribution in [0.3, 0.4) is 0 Å². The van der Waals surface area contributed by atoms with Crippen molar-refractivity contribution < 1.29 is 14.3 Å². The maximum Gasteiger partial charge on any atom is 0.306 e. The highest BCUT2D eigenvalue weighted by atomic mass is 32.1. The number of ether oxygens (including phenoxy) is 1. The van der Waals surface area contributed by atoms with Gasteiger partial charge in [0.1, 0.15) is 10.7 Å². The van der Waals surface area contributed by atoms with Crippen molar-refractivity contribution in [3.63, 3.8) is 0 Å². The monoisotopic (exact) mass is 449 g/mol. The van der Waals surface area contributed by atoms with Crippen LogP contribution in [-0.2, 0) is 28.8 Å². The third-order valence-corrected chi connectivity index (χ3v) is 7.16. The minimum absolute atomic E-state index is 0.0328. The fraction of sp³-hybridized carbons (Fsp3) is 0.333. The zero-order chi connectivity index (χ0) is 22.2. The van der Waals surface area contributed by atoms with Gasteiger partial charge in [0.15, 0.2) is 6.10 Å². The average molecular weight is 450 g/mol. The Balaban J connectivity index is 1.25. The second-order valence-corrected chi connectivity index (χ2v) is 9.23. The Morgan fingerprint density at radius 3 is 2.91 bits per heavy atom. The highest BCUT2D eigenvalue weighted by Gasteiger charge is 2.23. The lowest BCUT2D eigenvalue weighted by atomic mass is 9.97. The largest absolute Gasteiger partial charge is 0.454 e. The van der Waals surface area contributed by atoms with E-state index >= 15 is 0 Å². The van der Waals surface area contributed by atoms with E-state index in [0.29, 0.717) is 16.8 Å². The third-order valence-electron chi connectivity index (χ3n) is 5.97. The Morgan fingerprint density at radius 1 is 1.22 bits per heavy atom. The molecule has 1 aliphatic carbocycles. The number of hydrogen-bond donors (Lipinski definition) is 2. The molecule has 32 heavy (non-hydrogen) atoms. The first kappa shape index (κ1) is 20.6. The number of esters is 1. The number of benzene rings is 1. The van der Waals surface area contributed by atoms with Gasteiger partial charge in [-0.2, -0.15) is 0 Å². The van der Waals surface area contributed by atoms with Crippen molar-refractivity contribution in [2.45, 2.75) is 51.6 Å². The lowest BCUT2D eigenvalue weighted by Crippen LogP contribution is -2.24. The molecule has 0 radical (unpaired) electrons. The van der Waals surface area contributed by atoms with Crippen LogP contribution in [0, 0.1) is 0 Å². The molecule has 0 bridgehead atoms. The number of Topliss-reactive ketones (excluding diaryl/α,β-unsaturated/α-hetero) is 1. The number of rotatable bonds is 6. The van der Waals surface area contributed by atoms with Crippen molar-refractivity contribution in [3.05, 3.63) is 62.6 Å². The van der Waals surface area contributed by atoms with E-state index < -0.39 is 12.1 Å². The van der Waals surface area contributed by atoms with E-state index in [1.54, 1.807) is 24.5 Å². The molecule has 0 aliphatic heterocycles. The zero-order valence-electron chi connectivity index (χ0n) is 17.7. The maximum atomic E-state index is 12.8.